The smallest absolute Gasteiger partial charge is 0.161 e. The first-order valence-corrected chi connectivity index (χ1v) is 6.11. The second kappa shape index (κ2) is 5.89. The first-order chi connectivity index (χ1) is 8.31. The van der Waals surface area contributed by atoms with Crippen molar-refractivity contribution in [3.05, 3.63) is 23.8 Å². The lowest BCUT2D eigenvalue weighted by Crippen LogP contribution is -2.17. The second-order valence-corrected chi connectivity index (χ2v) is 4.26. The van der Waals surface area contributed by atoms with Gasteiger partial charge in [0.05, 0.1) is 0 Å². The van der Waals surface area contributed by atoms with Crippen LogP contribution in [-0.2, 0) is 0 Å². The van der Waals surface area contributed by atoms with Crippen molar-refractivity contribution in [1.29, 1.82) is 0 Å². The summed E-state index contributed by atoms with van der Waals surface area (Å²) < 4.78 is 11.0. The van der Waals surface area contributed by atoms with Crippen molar-refractivity contribution < 1.29 is 9.47 Å². The topological polar surface area (TPSA) is 56.5 Å². The molecule has 0 saturated heterocycles. The maximum Gasteiger partial charge on any atom is 0.161 e. The summed E-state index contributed by atoms with van der Waals surface area (Å²) in [6, 6.07) is 6.04. The zero-order valence-electron chi connectivity index (χ0n) is 10.2. The van der Waals surface area contributed by atoms with Crippen molar-refractivity contribution in [2.45, 2.75) is 18.9 Å². The molecule has 0 bridgehead atoms. The van der Waals surface area contributed by atoms with E-state index in [4.69, 9.17) is 15.2 Å². The molecule has 1 aliphatic heterocycles. The summed E-state index contributed by atoms with van der Waals surface area (Å²) in [5.74, 6) is 1.64. The highest BCUT2D eigenvalue weighted by Crippen LogP contribution is 2.32. The molecule has 3 N–H and O–H groups in total. The Morgan fingerprint density at radius 2 is 2.06 bits per heavy atom. The third kappa shape index (κ3) is 3.11. The van der Waals surface area contributed by atoms with E-state index in [9.17, 15) is 0 Å². The Hall–Kier alpha value is -1.26. The number of fused-ring (bicyclic) bond motifs is 1. The quantitative estimate of drug-likeness (QED) is 0.760. The Morgan fingerprint density at radius 3 is 2.82 bits per heavy atom. The van der Waals surface area contributed by atoms with Crippen LogP contribution in [0.5, 0.6) is 11.5 Å². The fourth-order valence-corrected chi connectivity index (χ4v) is 1.96. The van der Waals surface area contributed by atoms with Crippen molar-refractivity contribution in [1.82, 2.24) is 5.32 Å². The van der Waals surface area contributed by atoms with Crippen LogP contribution in [0.25, 0.3) is 0 Å². The highest BCUT2D eigenvalue weighted by molar-refractivity contribution is 5.44. The molecule has 4 heteroatoms. The number of rotatable bonds is 5. The summed E-state index contributed by atoms with van der Waals surface area (Å²) in [5, 5.41) is 3.12. The molecule has 1 aromatic rings. The van der Waals surface area contributed by atoms with Gasteiger partial charge in [-0.25, -0.2) is 0 Å². The SMILES string of the molecule is CNCCCC(N)c1ccc2c(c1)OCCO2. The minimum absolute atomic E-state index is 0.0687. The fourth-order valence-electron chi connectivity index (χ4n) is 1.96. The highest BCUT2D eigenvalue weighted by atomic mass is 16.6. The predicted molar refractivity (Wildman–Crippen MR) is 67.5 cm³/mol. The molecule has 4 nitrogen and oxygen atoms in total. The predicted octanol–water partition coefficient (Wildman–Crippen LogP) is 1.46. The van der Waals surface area contributed by atoms with E-state index in [-0.39, 0.29) is 6.04 Å². The van der Waals surface area contributed by atoms with Gasteiger partial charge in [-0.2, -0.15) is 0 Å². The van der Waals surface area contributed by atoms with Crippen LogP contribution in [0, 0.1) is 0 Å². The van der Waals surface area contributed by atoms with Gasteiger partial charge >= 0.3 is 0 Å². The molecule has 0 fully saturated rings. The van der Waals surface area contributed by atoms with Gasteiger partial charge in [0.15, 0.2) is 11.5 Å². The van der Waals surface area contributed by atoms with Crippen LogP contribution in [-0.4, -0.2) is 26.8 Å². The third-order valence-corrected chi connectivity index (χ3v) is 2.94. The minimum atomic E-state index is 0.0687. The molecule has 1 heterocycles. The van der Waals surface area contributed by atoms with Crippen molar-refractivity contribution >= 4 is 0 Å². The minimum Gasteiger partial charge on any atom is -0.486 e. The number of hydrogen-bond donors (Lipinski definition) is 2. The van der Waals surface area contributed by atoms with Gasteiger partial charge < -0.3 is 20.5 Å². The van der Waals surface area contributed by atoms with Crippen LogP contribution >= 0.6 is 0 Å². The number of nitrogens with one attached hydrogen (secondary N) is 1. The van der Waals surface area contributed by atoms with Crippen LogP contribution < -0.4 is 20.5 Å². The van der Waals surface area contributed by atoms with Gasteiger partial charge in [0.1, 0.15) is 13.2 Å². The normalized spacial score (nSPS) is 15.6. The maximum atomic E-state index is 6.14. The van der Waals surface area contributed by atoms with Crippen LogP contribution in [0.3, 0.4) is 0 Å². The molecule has 0 saturated carbocycles. The molecule has 2 rings (SSSR count). The largest absolute Gasteiger partial charge is 0.486 e. The van der Waals surface area contributed by atoms with Crippen LogP contribution in [0.4, 0.5) is 0 Å². The monoisotopic (exact) mass is 236 g/mol. The molecule has 0 aromatic heterocycles. The van der Waals surface area contributed by atoms with Gasteiger partial charge in [-0.3, -0.25) is 0 Å². The van der Waals surface area contributed by atoms with Crippen LogP contribution in [0.15, 0.2) is 18.2 Å². The molecule has 0 amide bonds. The average molecular weight is 236 g/mol. The van der Waals surface area contributed by atoms with Gasteiger partial charge in [0, 0.05) is 6.04 Å². The summed E-state index contributed by atoms with van der Waals surface area (Å²) >= 11 is 0. The number of benzene rings is 1. The van der Waals surface area contributed by atoms with Crippen molar-refractivity contribution in [3.8, 4) is 11.5 Å². The van der Waals surface area contributed by atoms with Gasteiger partial charge in [0.25, 0.3) is 0 Å². The molecular weight excluding hydrogens is 216 g/mol. The number of ether oxygens (including phenoxy) is 2. The number of hydrogen-bond acceptors (Lipinski definition) is 4. The van der Waals surface area contributed by atoms with E-state index in [1.54, 1.807) is 0 Å². The molecule has 0 aliphatic carbocycles. The lowest BCUT2D eigenvalue weighted by molar-refractivity contribution is 0.171. The van der Waals surface area contributed by atoms with Crippen molar-refractivity contribution in [2.24, 2.45) is 5.73 Å². The van der Waals surface area contributed by atoms with E-state index >= 15 is 0 Å². The first-order valence-electron chi connectivity index (χ1n) is 6.11. The molecule has 17 heavy (non-hydrogen) atoms. The summed E-state index contributed by atoms with van der Waals surface area (Å²) in [6.07, 6.45) is 2.05. The summed E-state index contributed by atoms with van der Waals surface area (Å²) in [5.41, 5.74) is 7.26. The Balaban J connectivity index is 2.00. The zero-order chi connectivity index (χ0) is 12.1. The van der Waals surface area contributed by atoms with Gasteiger partial charge in [0.2, 0.25) is 0 Å². The van der Waals surface area contributed by atoms with E-state index in [1.165, 1.54) is 0 Å². The summed E-state index contributed by atoms with van der Waals surface area (Å²) in [6.45, 7) is 2.24. The summed E-state index contributed by atoms with van der Waals surface area (Å²) in [4.78, 5) is 0. The van der Waals surface area contributed by atoms with Crippen molar-refractivity contribution in [2.75, 3.05) is 26.8 Å². The first kappa shape index (κ1) is 12.2. The van der Waals surface area contributed by atoms with Crippen LogP contribution in [0.2, 0.25) is 0 Å². The Bertz CT molecular complexity index is 368. The highest BCUT2D eigenvalue weighted by Gasteiger charge is 2.14. The standard InChI is InChI=1S/C13H20N2O2/c1-15-6-2-3-11(14)10-4-5-12-13(9-10)17-8-7-16-12/h4-5,9,11,15H,2-3,6-8,14H2,1H3. The van der Waals surface area contributed by atoms with Crippen LogP contribution in [0.1, 0.15) is 24.4 Å². The molecule has 0 spiro atoms. The van der Waals surface area contributed by atoms with Crippen molar-refractivity contribution in [3.63, 3.8) is 0 Å². The number of nitrogens with two attached hydrogens (primary N) is 1. The molecular formula is C13H20N2O2. The molecule has 1 aromatic carbocycles. The molecule has 94 valence electrons. The van der Waals surface area contributed by atoms with E-state index in [1.807, 2.05) is 25.2 Å². The molecule has 1 atom stereocenters. The van der Waals surface area contributed by atoms with Gasteiger partial charge in [-0.1, -0.05) is 6.07 Å². The average Bonchev–Trinajstić information content (AvgIpc) is 2.38. The zero-order valence-corrected chi connectivity index (χ0v) is 10.2. The second-order valence-electron chi connectivity index (χ2n) is 4.26. The van der Waals surface area contributed by atoms with E-state index in [0.717, 1.165) is 36.4 Å². The Morgan fingerprint density at radius 1 is 1.29 bits per heavy atom. The van der Waals surface area contributed by atoms with Gasteiger partial charge in [-0.15, -0.1) is 0 Å². The third-order valence-electron chi connectivity index (χ3n) is 2.94. The molecule has 0 radical (unpaired) electrons. The Kier molecular flexibility index (Phi) is 4.23. The lowest BCUT2D eigenvalue weighted by atomic mass is 10.0. The van der Waals surface area contributed by atoms with E-state index < -0.39 is 0 Å². The Labute approximate surface area is 102 Å². The molecule has 1 aliphatic rings. The molecule has 1 unspecified atom stereocenters. The van der Waals surface area contributed by atoms with E-state index in [2.05, 4.69) is 5.32 Å². The lowest BCUT2D eigenvalue weighted by Gasteiger charge is -2.20. The fraction of sp³-hybridized carbons (Fsp3) is 0.538. The van der Waals surface area contributed by atoms with Gasteiger partial charge in [-0.05, 0) is 44.1 Å². The summed E-state index contributed by atoms with van der Waals surface area (Å²) in [7, 11) is 1.95. The maximum absolute atomic E-state index is 6.14. The van der Waals surface area contributed by atoms with E-state index in [0.29, 0.717) is 13.2 Å².